The van der Waals surface area contributed by atoms with Crippen molar-refractivity contribution in [3.63, 3.8) is 0 Å². The maximum atomic E-state index is 14.8. The molecule has 53 heavy (non-hydrogen) atoms. The number of hydrogen-bond acceptors (Lipinski definition) is 6. The van der Waals surface area contributed by atoms with E-state index < -0.39 is 48.3 Å². The highest BCUT2D eigenvalue weighted by Crippen LogP contribution is 2.52. The largest absolute Gasteiger partial charge is 0.785 e. The quantitative estimate of drug-likeness (QED) is 0.0400. The molecular formula is C41H28BF5O6. The van der Waals surface area contributed by atoms with Crippen LogP contribution in [-0.4, -0.2) is 25.6 Å². The van der Waals surface area contributed by atoms with Gasteiger partial charge in [0.05, 0.1) is 7.11 Å². The number of benzene rings is 6. The summed E-state index contributed by atoms with van der Waals surface area (Å²) in [6, 6.07) is 31.3. The molecule has 0 amide bonds. The van der Waals surface area contributed by atoms with Gasteiger partial charge in [-0.25, -0.2) is 18.0 Å². The van der Waals surface area contributed by atoms with E-state index in [1.54, 1.807) is 37.3 Å². The van der Waals surface area contributed by atoms with Crippen molar-refractivity contribution in [2.24, 2.45) is 0 Å². The van der Waals surface area contributed by atoms with Crippen LogP contribution in [0.25, 0.3) is 33.4 Å². The second-order valence-electron chi connectivity index (χ2n) is 12.2. The minimum atomic E-state index is -2.62. The maximum absolute atomic E-state index is 14.8. The molecule has 0 heterocycles. The highest BCUT2D eigenvalue weighted by atomic mass is 19.2. The lowest BCUT2D eigenvalue weighted by molar-refractivity contribution is 0.121. The van der Waals surface area contributed by atoms with Crippen molar-refractivity contribution in [3.05, 3.63) is 160 Å². The number of halogens is 5. The lowest BCUT2D eigenvalue weighted by Gasteiger charge is -2.27. The van der Waals surface area contributed by atoms with Gasteiger partial charge in [-0.1, -0.05) is 103 Å². The Balaban J connectivity index is 1.53. The summed E-state index contributed by atoms with van der Waals surface area (Å²) in [5.74, 6) is -13.2. The van der Waals surface area contributed by atoms with Crippen molar-refractivity contribution in [2.75, 3.05) is 7.11 Å². The molecule has 0 saturated heterocycles. The Hall–Kier alpha value is -6.14. The van der Waals surface area contributed by atoms with Crippen molar-refractivity contribution in [2.45, 2.75) is 19.8 Å². The van der Waals surface area contributed by atoms with Gasteiger partial charge in [-0.2, -0.15) is 8.78 Å². The van der Waals surface area contributed by atoms with Crippen molar-refractivity contribution in [1.29, 1.82) is 0 Å². The average Bonchev–Trinajstić information content (AvgIpc) is 3.56. The monoisotopic (exact) mass is 722 g/mol. The second-order valence-corrected chi connectivity index (χ2v) is 12.2. The smallest absolute Gasteiger partial charge is 0.500 e. The molecule has 0 fully saturated rings. The lowest BCUT2D eigenvalue weighted by Crippen LogP contribution is -2.32. The fraction of sp³-hybridized carbons (Fsp3) is 0.0976. The maximum Gasteiger partial charge on any atom is 0.785 e. The van der Waals surface area contributed by atoms with Crippen molar-refractivity contribution >= 4 is 13.5 Å². The molecule has 0 atom stereocenters. The van der Waals surface area contributed by atoms with Crippen LogP contribution in [0.3, 0.4) is 0 Å². The van der Waals surface area contributed by atoms with Gasteiger partial charge < -0.3 is 23.8 Å². The van der Waals surface area contributed by atoms with Gasteiger partial charge in [0.2, 0.25) is 29.1 Å². The van der Waals surface area contributed by atoms with E-state index >= 15 is 0 Å². The molecule has 266 valence electrons. The third-order valence-electron chi connectivity index (χ3n) is 9.11. The third kappa shape index (κ3) is 6.46. The summed E-state index contributed by atoms with van der Waals surface area (Å²) in [5.41, 5.74) is 7.00. The van der Waals surface area contributed by atoms with Gasteiger partial charge in [-0.05, 0) is 52.3 Å². The Labute approximate surface area is 301 Å². The van der Waals surface area contributed by atoms with Gasteiger partial charge in [0, 0.05) is 28.7 Å². The molecule has 0 aliphatic heterocycles. The number of ether oxygens (including phenoxy) is 2. The molecule has 6 aromatic carbocycles. The van der Waals surface area contributed by atoms with E-state index in [-0.39, 0.29) is 23.5 Å². The SMILES string of the molecule is COC(=O)Oc1c(C)c(-c2cccc3c2Cc2ccccc2-3)c(OB(O)Oc2c(F)c(F)c(F)c(F)c2F)c(-c2ccccc2)c1Cc1ccccc1. The molecule has 1 N–H and O–H groups in total. The number of methoxy groups -OCH3 is 1. The minimum absolute atomic E-state index is 0.0856. The first-order valence-electron chi connectivity index (χ1n) is 16.4. The Bertz CT molecular complexity index is 2340. The van der Waals surface area contributed by atoms with E-state index in [4.69, 9.17) is 18.8 Å². The number of hydrogen-bond donors (Lipinski definition) is 1. The van der Waals surface area contributed by atoms with Crippen LogP contribution >= 0.6 is 0 Å². The summed E-state index contributed by atoms with van der Waals surface area (Å²) < 4.78 is 93.6. The van der Waals surface area contributed by atoms with E-state index in [2.05, 4.69) is 0 Å². The Morgan fingerprint density at radius 3 is 1.91 bits per heavy atom. The van der Waals surface area contributed by atoms with Gasteiger partial charge in [0.15, 0.2) is 5.75 Å². The van der Waals surface area contributed by atoms with Crippen LogP contribution in [0, 0.1) is 36.0 Å². The van der Waals surface area contributed by atoms with Gasteiger partial charge >= 0.3 is 13.5 Å². The Morgan fingerprint density at radius 1 is 0.660 bits per heavy atom. The number of carbonyl (C=O) groups excluding carboxylic acids is 1. The molecular weight excluding hydrogens is 694 g/mol. The summed E-state index contributed by atoms with van der Waals surface area (Å²) >= 11 is 0. The van der Waals surface area contributed by atoms with Crippen LogP contribution in [0.1, 0.15) is 27.8 Å². The predicted molar refractivity (Wildman–Crippen MR) is 188 cm³/mol. The Morgan fingerprint density at radius 2 is 1.23 bits per heavy atom. The Kier molecular flexibility index (Phi) is 9.63. The first-order chi connectivity index (χ1) is 25.6. The van der Waals surface area contributed by atoms with Crippen LogP contribution in [0.5, 0.6) is 17.2 Å². The average molecular weight is 722 g/mol. The molecule has 12 heteroatoms. The zero-order chi connectivity index (χ0) is 37.4. The third-order valence-corrected chi connectivity index (χ3v) is 9.11. The normalized spacial score (nSPS) is 11.5. The molecule has 0 unspecified atom stereocenters. The summed E-state index contributed by atoms with van der Waals surface area (Å²) in [6.07, 6.45) is -0.382. The molecule has 7 rings (SSSR count). The molecule has 0 aromatic heterocycles. The first-order valence-corrected chi connectivity index (χ1v) is 16.4. The molecule has 0 radical (unpaired) electrons. The van der Waals surface area contributed by atoms with Crippen molar-refractivity contribution in [1.82, 2.24) is 0 Å². The van der Waals surface area contributed by atoms with Crippen LogP contribution in [-0.2, 0) is 17.6 Å². The molecule has 0 bridgehead atoms. The van der Waals surface area contributed by atoms with Crippen LogP contribution in [0.2, 0.25) is 0 Å². The highest BCUT2D eigenvalue weighted by molar-refractivity contribution is 6.37. The molecule has 1 aliphatic rings. The highest BCUT2D eigenvalue weighted by Gasteiger charge is 2.36. The van der Waals surface area contributed by atoms with Crippen LogP contribution in [0.4, 0.5) is 26.7 Å². The van der Waals surface area contributed by atoms with Gasteiger partial charge in [-0.15, -0.1) is 0 Å². The summed E-state index contributed by atoms with van der Waals surface area (Å²) in [7, 11) is -1.45. The standard InChI is InChI=1S/C41H28BF5O6/c1-22-31(28-19-11-18-27-26-17-10-9-16-25(26)21-29(27)28)39(52-42(49)53-40-36(46)34(44)33(43)35(45)37(40)47)32(24-14-7-4-8-15-24)30(38(22)51-41(48)50-2)20-23-12-5-3-6-13-23/h3-19,49H,20-21H2,1-2H3. The predicted octanol–water partition coefficient (Wildman–Crippen LogP) is 9.77. The molecule has 6 aromatic rings. The van der Waals surface area contributed by atoms with E-state index in [0.717, 1.165) is 27.8 Å². The molecule has 1 aliphatic carbocycles. The van der Waals surface area contributed by atoms with Crippen LogP contribution < -0.4 is 14.0 Å². The fourth-order valence-corrected chi connectivity index (χ4v) is 6.78. The topological polar surface area (TPSA) is 74.2 Å². The van der Waals surface area contributed by atoms with Crippen molar-refractivity contribution in [3.8, 4) is 50.6 Å². The van der Waals surface area contributed by atoms with Gasteiger partial charge in [0.1, 0.15) is 11.5 Å². The van der Waals surface area contributed by atoms with Gasteiger partial charge in [-0.3, -0.25) is 0 Å². The summed E-state index contributed by atoms with van der Waals surface area (Å²) in [6.45, 7) is 1.67. The number of rotatable bonds is 9. The summed E-state index contributed by atoms with van der Waals surface area (Å²) in [5, 5.41) is 11.2. The molecule has 6 nitrogen and oxygen atoms in total. The first kappa shape index (κ1) is 35.3. The summed E-state index contributed by atoms with van der Waals surface area (Å²) in [4.78, 5) is 12.9. The molecule has 0 spiro atoms. The van der Waals surface area contributed by atoms with Crippen LogP contribution in [0.15, 0.2) is 103 Å². The lowest BCUT2D eigenvalue weighted by atomic mass is 9.84. The van der Waals surface area contributed by atoms with E-state index in [9.17, 15) is 31.8 Å². The fourth-order valence-electron chi connectivity index (χ4n) is 6.78. The zero-order valence-electron chi connectivity index (χ0n) is 28.2. The van der Waals surface area contributed by atoms with E-state index in [1.807, 2.05) is 72.8 Å². The minimum Gasteiger partial charge on any atom is -0.500 e. The van der Waals surface area contributed by atoms with E-state index in [1.165, 1.54) is 7.11 Å². The second kappa shape index (κ2) is 14.5. The molecule has 0 saturated carbocycles. The number of carbonyl (C=O) groups is 1. The zero-order valence-corrected chi connectivity index (χ0v) is 28.2. The van der Waals surface area contributed by atoms with Crippen molar-refractivity contribution < 1.29 is 50.6 Å². The van der Waals surface area contributed by atoms with E-state index in [0.29, 0.717) is 34.2 Å². The van der Waals surface area contributed by atoms with Gasteiger partial charge in [0.25, 0.3) is 0 Å². The number of fused-ring (bicyclic) bond motifs is 3.